The topological polar surface area (TPSA) is 73.3 Å². The van der Waals surface area contributed by atoms with Gasteiger partial charge in [0.2, 0.25) is 11.0 Å². The SMILES string of the molecule is CCC(CC)c1nnc(NC(=O)CSc2ccc3c(c2)OCCO3)s1. The summed E-state index contributed by atoms with van der Waals surface area (Å²) in [5.41, 5.74) is 0. The molecule has 2 heterocycles. The zero-order chi connectivity index (χ0) is 17.6. The Kier molecular flexibility index (Phi) is 6.14. The lowest BCUT2D eigenvalue weighted by Crippen LogP contribution is -2.15. The Bertz CT molecular complexity index is 732. The van der Waals surface area contributed by atoms with Crippen molar-refractivity contribution in [3.63, 3.8) is 0 Å². The number of carbonyl (C=O) groups excluding carboxylic acids is 1. The zero-order valence-electron chi connectivity index (χ0n) is 14.3. The Hall–Kier alpha value is -1.80. The monoisotopic (exact) mass is 379 g/mol. The summed E-state index contributed by atoms with van der Waals surface area (Å²) in [6.07, 6.45) is 2.05. The first kappa shape index (κ1) is 18.0. The van der Waals surface area contributed by atoms with Gasteiger partial charge in [0.25, 0.3) is 0 Å². The molecule has 1 aromatic carbocycles. The number of rotatable bonds is 7. The number of nitrogens with zero attached hydrogens (tertiary/aromatic N) is 2. The Balaban J connectivity index is 1.53. The summed E-state index contributed by atoms with van der Waals surface area (Å²) in [5, 5.41) is 12.6. The van der Waals surface area contributed by atoms with Crippen LogP contribution in [0.2, 0.25) is 0 Å². The zero-order valence-corrected chi connectivity index (χ0v) is 15.9. The fourth-order valence-electron chi connectivity index (χ4n) is 2.51. The summed E-state index contributed by atoms with van der Waals surface area (Å²) in [4.78, 5) is 13.1. The molecule has 3 rings (SSSR count). The van der Waals surface area contributed by atoms with E-state index in [-0.39, 0.29) is 5.91 Å². The van der Waals surface area contributed by atoms with Gasteiger partial charge in [-0.2, -0.15) is 0 Å². The number of hydrogen-bond donors (Lipinski definition) is 1. The van der Waals surface area contributed by atoms with Crippen LogP contribution < -0.4 is 14.8 Å². The third-order valence-electron chi connectivity index (χ3n) is 3.91. The summed E-state index contributed by atoms with van der Waals surface area (Å²) in [6.45, 7) is 5.40. The third-order valence-corrected chi connectivity index (χ3v) is 5.90. The maximum atomic E-state index is 12.1. The highest BCUT2D eigenvalue weighted by Crippen LogP contribution is 2.34. The van der Waals surface area contributed by atoms with Gasteiger partial charge in [-0.1, -0.05) is 25.2 Å². The quantitative estimate of drug-likeness (QED) is 0.735. The van der Waals surface area contributed by atoms with Gasteiger partial charge in [-0.3, -0.25) is 10.1 Å². The number of fused-ring (bicyclic) bond motifs is 1. The van der Waals surface area contributed by atoms with E-state index in [1.54, 1.807) is 0 Å². The maximum absolute atomic E-state index is 12.1. The van der Waals surface area contributed by atoms with Gasteiger partial charge in [-0.15, -0.1) is 22.0 Å². The van der Waals surface area contributed by atoms with Crippen LogP contribution in [0.4, 0.5) is 5.13 Å². The van der Waals surface area contributed by atoms with Crippen molar-refractivity contribution in [2.75, 3.05) is 24.3 Å². The van der Waals surface area contributed by atoms with Crippen LogP contribution >= 0.6 is 23.1 Å². The van der Waals surface area contributed by atoms with Crippen molar-refractivity contribution in [2.45, 2.75) is 37.5 Å². The second kappa shape index (κ2) is 8.53. The molecular formula is C17H21N3O3S2. The Morgan fingerprint density at radius 1 is 1.24 bits per heavy atom. The minimum Gasteiger partial charge on any atom is -0.486 e. The highest BCUT2D eigenvalue weighted by atomic mass is 32.2. The molecule has 1 aliphatic rings. The number of thioether (sulfide) groups is 1. The lowest BCUT2D eigenvalue weighted by atomic mass is 10.1. The van der Waals surface area contributed by atoms with Gasteiger partial charge in [0.05, 0.1) is 5.75 Å². The third kappa shape index (κ3) is 4.64. The van der Waals surface area contributed by atoms with Crippen molar-refractivity contribution in [1.82, 2.24) is 10.2 Å². The van der Waals surface area contributed by atoms with E-state index in [9.17, 15) is 4.79 Å². The molecule has 0 aliphatic carbocycles. The first-order valence-corrected chi connectivity index (χ1v) is 10.2. The average Bonchev–Trinajstić information content (AvgIpc) is 3.09. The molecule has 0 atom stereocenters. The second-order valence-electron chi connectivity index (χ2n) is 5.60. The summed E-state index contributed by atoms with van der Waals surface area (Å²) in [7, 11) is 0. The van der Waals surface area contributed by atoms with Gasteiger partial charge in [0.1, 0.15) is 18.2 Å². The largest absolute Gasteiger partial charge is 0.486 e. The van der Waals surface area contributed by atoms with E-state index >= 15 is 0 Å². The van der Waals surface area contributed by atoms with Crippen molar-refractivity contribution in [3.8, 4) is 11.5 Å². The lowest BCUT2D eigenvalue weighted by Gasteiger charge is -2.18. The fourth-order valence-corrected chi connectivity index (χ4v) is 4.26. The van der Waals surface area contributed by atoms with Crippen LogP contribution in [0.3, 0.4) is 0 Å². The summed E-state index contributed by atoms with van der Waals surface area (Å²) in [6, 6.07) is 5.71. The van der Waals surface area contributed by atoms with E-state index < -0.39 is 0 Å². The maximum Gasteiger partial charge on any atom is 0.236 e. The van der Waals surface area contributed by atoms with Crippen LogP contribution in [-0.4, -0.2) is 35.1 Å². The van der Waals surface area contributed by atoms with Crippen molar-refractivity contribution < 1.29 is 14.3 Å². The highest BCUT2D eigenvalue weighted by Gasteiger charge is 2.15. The van der Waals surface area contributed by atoms with Crippen LogP contribution in [0.5, 0.6) is 11.5 Å². The van der Waals surface area contributed by atoms with Gasteiger partial charge in [-0.05, 0) is 31.0 Å². The lowest BCUT2D eigenvalue weighted by molar-refractivity contribution is -0.113. The average molecular weight is 380 g/mol. The second-order valence-corrected chi connectivity index (χ2v) is 7.66. The minimum absolute atomic E-state index is 0.0906. The molecule has 2 aromatic rings. The van der Waals surface area contributed by atoms with Crippen LogP contribution in [0.25, 0.3) is 0 Å². The fraction of sp³-hybridized carbons (Fsp3) is 0.471. The van der Waals surface area contributed by atoms with Crippen molar-refractivity contribution in [3.05, 3.63) is 23.2 Å². The molecular weight excluding hydrogens is 358 g/mol. The summed E-state index contributed by atoms with van der Waals surface area (Å²) < 4.78 is 11.1. The number of aromatic nitrogens is 2. The number of benzene rings is 1. The van der Waals surface area contributed by atoms with Crippen LogP contribution in [-0.2, 0) is 4.79 Å². The van der Waals surface area contributed by atoms with Crippen molar-refractivity contribution >= 4 is 34.1 Å². The number of anilines is 1. The Labute approximate surface area is 155 Å². The van der Waals surface area contributed by atoms with E-state index in [1.807, 2.05) is 18.2 Å². The number of hydrogen-bond acceptors (Lipinski definition) is 7. The van der Waals surface area contributed by atoms with E-state index in [0.29, 0.717) is 30.0 Å². The van der Waals surface area contributed by atoms with E-state index in [4.69, 9.17) is 9.47 Å². The van der Waals surface area contributed by atoms with Gasteiger partial charge in [-0.25, -0.2) is 0 Å². The smallest absolute Gasteiger partial charge is 0.236 e. The molecule has 0 spiro atoms. The molecule has 0 unspecified atom stereocenters. The Morgan fingerprint density at radius 2 is 2.00 bits per heavy atom. The molecule has 0 bridgehead atoms. The molecule has 0 fully saturated rings. The molecule has 25 heavy (non-hydrogen) atoms. The van der Waals surface area contributed by atoms with Crippen molar-refractivity contribution in [1.29, 1.82) is 0 Å². The first-order valence-electron chi connectivity index (χ1n) is 8.35. The van der Waals surface area contributed by atoms with Crippen LogP contribution in [0, 0.1) is 0 Å². The van der Waals surface area contributed by atoms with E-state index in [2.05, 4.69) is 29.4 Å². The molecule has 0 saturated heterocycles. The van der Waals surface area contributed by atoms with Crippen LogP contribution in [0.1, 0.15) is 37.6 Å². The molecule has 8 heteroatoms. The van der Waals surface area contributed by atoms with Gasteiger partial charge in [0, 0.05) is 10.8 Å². The van der Waals surface area contributed by atoms with E-state index in [0.717, 1.165) is 34.2 Å². The summed E-state index contributed by atoms with van der Waals surface area (Å²) >= 11 is 2.91. The molecule has 0 radical (unpaired) electrons. The van der Waals surface area contributed by atoms with Crippen LogP contribution in [0.15, 0.2) is 23.1 Å². The molecule has 1 amide bonds. The molecule has 134 valence electrons. The molecule has 1 N–H and O–H groups in total. The Morgan fingerprint density at radius 3 is 2.76 bits per heavy atom. The minimum atomic E-state index is -0.0906. The standard InChI is InChI=1S/C17H21N3O3S2/c1-3-11(4-2)16-19-20-17(25-16)18-15(21)10-24-12-5-6-13-14(9-12)23-8-7-22-13/h5-6,9,11H,3-4,7-8,10H2,1-2H3,(H,18,20,21). The first-order chi connectivity index (χ1) is 12.2. The van der Waals surface area contributed by atoms with Gasteiger partial charge >= 0.3 is 0 Å². The molecule has 6 nitrogen and oxygen atoms in total. The predicted molar refractivity (Wildman–Crippen MR) is 100 cm³/mol. The number of nitrogens with one attached hydrogen (secondary N) is 1. The van der Waals surface area contributed by atoms with Gasteiger partial charge < -0.3 is 9.47 Å². The number of carbonyl (C=O) groups is 1. The van der Waals surface area contributed by atoms with Crippen molar-refractivity contribution in [2.24, 2.45) is 0 Å². The number of ether oxygens (including phenoxy) is 2. The van der Waals surface area contributed by atoms with E-state index in [1.165, 1.54) is 23.1 Å². The molecule has 0 saturated carbocycles. The predicted octanol–water partition coefficient (Wildman–Crippen LogP) is 3.94. The molecule has 1 aromatic heterocycles. The molecule has 1 aliphatic heterocycles. The highest BCUT2D eigenvalue weighted by molar-refractivity contribution is 8.00. The normalized spacial score (nSPS) is 13.1. The number of amides is 1. The summed E-state index contributed by atoms with van der Waals surface area (Å²) in [5.74, 6) is 2.11. The van der Waals surface area contributed by atoms with Gasteiger partial charge in [0.15, 0.2) is 11.5 Å².